The van der Waals surface area contributed by atoms with Gasteiger partial charge in [0.05, 0.1) is 0 Å². The first-order chi connectivity index (χ1) is 7.49. The third-order valence-electron chi connectivity index (χ3n) is 2.26. The molecule has 0 saturated heterocycles. The van der Waals surface area contributed by atoms with Crippen LogP contribution in [-0.2, 0) is 9.59 Å². The second-order valence-corrected chi connectivity index (χ2v) is 4.96. The molecule has 0 radical (unpaired) electrons. The van der Waals surface area contributed by atoms with E-state index in [1.54, 1.807) is 0 Å². The molecule has 0 spiro atoms. The summed E-state index contributed by atoms with van der Waals surface area (Å²) in [4.78, 5) is 21.4. The van der Waals surface area contributed by atoms with E-state index in [9.17, 15) is 9.59 Å². The molecule has 98 valence electrons. The maximum absolute atomic E-state index is 10.7. The van der Waals surface area contributed by atoms with E-state index in [0.29, 0.717) is 0 Å². The fourth-order valence-corrected chi connectivity index (χ4v) is 1.26. The van der Waals surface area contributed by atoms with Gasteiger partial charge in [-0.2, -0.15) is 0 Å². The quantitative estimate of drug-likeness (QED) is 0.553. The van der Waals surface area contributed by atoms with Gasteiger partial charge in [0.25, 0.3) is 0 Å². The van der Waals surface area contributed by atoms with Crippen molar-refractivity contribution >= 4 is 23.5 Å². The summed E-state index contributed by atoms with van der Waals surface area (Å²) in [5.41, 5.74) is 8.05. The van der Waals surface area contributed by atoms with Crippen molar-refractivity contribution in [1.82, 2.24) is 0 Å². The lowest BCUT2D eigenvalue weighted by Gasteiger charge is -2.20. The summed E-state index contributed by atoms with van der Waals surface area (Å²) >= 11 is 5.79. The van der Waals surface area contributed by atoms with Crippen LogP contribution in [0.25, 0.3) is 0 Å². The third kappa shape index (κ3) is 5.16. The number of aliphatic carboxylic acids is 2. The molecule has 0 aliphatic carbocycles. The Morgan fingerprint density at radius 2 is 1.59 bits per heavy atom. The van der Waals surface area contributed by atoms with Gasteiger partial charge in [-0.25, -0.2) is 0 Å². The van der Waals surface area contributed by atoms with E-state index in [2.05, 4.69) is 0 Å². The van der Waals surface area contributed by atoms with E-state index >= 15 is 0 Å². The number of hydrogen-bond donors (Lipinski definition) is 4. The van der Waals surface area contributed by atoms with Crippen molar-refractivity contribution in [2.45, 2.75) is 37.8 Å². The summed E-state index contributed by atoms with van der Waals surface area (Å²) in [7, 11) is 0. The molecule has 0 aromatic carbocycles. The zero-order valence-electron chi connectivity index (χ0n) is 9.74. The highest BCUT2D eigenvalue weighted by atomic mass is 35.5. The normalized spacial score (nSPS) is 19.2. The van der Waals surface area contributed by atoms with E-state index in [-0.39, 0.29) is 17.9 Å². The van der Waals surface area contributed by atoms with Crippen LogP contribution in [0.3, 0.4) is 0 Å². The molecule has 0 fully saturated rings. The Morgan fingerprint density at radius 1 is 1.18 bits per heavy atom. The van der Waals surface area contributed by atoms with Gasteiger partial charge in [0, 0.05) is 11.5 Å². The summed E-state index contributed by atoms with van der Waals surface area (Å²) in [6, 6.07) is 0. The van der Waals surface area contributed by atoms with E-state index < -0.39 is 23.0 Å². The van der Waals surface area contributed by atoms with Crippen molar-refractivity contribution in [1.29, 1.82) is 0 Å². The Morgan fingerprint density at radius 3 is 1.94 bits per heavy atom. The molecule has 2 unspecified atom stereocenters. The van der Waals surface area contributed by atoms with Crippen molar-refractivity contribution in [2.75, 3.05) is 0 Å². The van der Waals surface area contributed by atoms with Crippen LogP contribution in [-0.4, -0.2) is 33.2 Å². The Balaban J connectivity index is 4.59. The van der Waals surface area contributed by atoms with E-state index in [1.807, 2.05) is 0 Å². The number of rotatable bonds is 6. The number of carboxylic acids is 2. The Kier molecular flexibility index (Phi) is 5.12. The molecule has 0 amide bonds. The largest absolute Gasteiger partial charge is 0.480 e. The first-order valence-electron chi connectivity index (χ1n) is 4.88. The minimum absolute atomic E-state index is 0.00311. The van der Waals surface area contributed by atoms with Crippen molar-refractivity contribution < 1.29 is 19.8 Å². The van der Waals surface area contributed by atoms with Gasteiger partial charge in [-0.3, -0.25) is 9.59 Å². The molecule has 6 nitrogen and oxygen atoms in total. The van der Waals surface area contributed by atoms with Crippen LogP contribution >= 0.6 is 11.6 Å². The molecule has 7 heteroatoms. The maximum atomic E-state index is 10.7. The maximum Gasteiger partial charge on any atom is 0.323 e. The standard InChI is InChI=1S/C10H17ClN2O4/c1-9(12,7(14)15)4-3-6(11)5-10(2,13)8(16)17/h3H,4-5,12-13H2,1-2H3,(H,14,15)(H,16,17). The van der Waals surface area contributed by atoms with Gasteiger partial charge < -0.3 is 21.7 Å². The summed E-state index contributed by atoms with van der Waals surface area (Å²) < 4.78 is 0. The molecule has 6 N–H and O–H groups in total. The Labute approximate surface area is 104 Å². The zero-order valence-corrected chi connectivity index (χ0v) is 10.5. The summed E-state index contributed by atoms with van der Waals surface area (Å²) in [5, 5.41) is 17.7. The highest BCUT2D eigenvalue weighted by molar-refractivity contribution is 6.29. The van der Waals surface area contributed by atoms with E-state index in [4.69, 9.17) is 33.3 Å². The molecule has 2 atom stereocenters. The van der Waals surface area contributed by atoms with Gasteiger partial charge >= 0.3 is 11.9 Å². The van der Waals surface area contributed by atoms with Crippen molar-refractivity contribution in [3.05, 3.63) is 11.1 Å². The summed E-state index contributed by atoms with van der Waals surface area (Å²) in [6.45, 7) is 2.67. The van der Waals surface area contributed by atoms with Crippen LogP contribution in [0.4, 0.5) is 0 Å². The van der Waals surface area contributed by atoms with Gasteiger partial charge in [0.15, 0.2) is 0 Å². The number of nitrogens with two attached hydrogens (primary N) is 2. The monoisotopic (exact) mass is 264 g/mol. The fraction of sp³-hybridized carbons (Fsp3) is 0.600. The van der Waals surface area contributed by atoms with Gasteiger partial charge in [0.2, 0.25) is 0 Å². The molecule has 0 saturated carbocycles. The molecular weight excluding hydrogens is 248 g/mol. The topological polar surface area (TPSA) is 127 Å². The number of halogens is 1. The average Bonchev–Trinajstić information content (AvgIpc) is 2.13. The predicted molar refractivity (Wildman–Crippen MR) is 63.6 cm³/mol. The molecule has 0 aromatic heterocycles. The van der Waals surface area contributed by atoms with Gasteiger partial charge in [-0.05, 0) is 20.3 Å². The predicted octanol–water partition coefficient (Wildman–Crippen LogP) is 0.493. The SMILES string of the molecule is CC(N)(CC=C(Cl)CC(C)(N)C(=O)O)C(=O)O. The minimum atomic E-state index is -1.48. The fourth-order valence-electron chi connectivity index (χ4n) is 0.909. The average molecular weight is 265 g/mol. The van der Waals surface area contributed by atoms with Crippen molar-refractivity contribution in [2.24, 2.45) is 11.5 Å². The zero-order chi connectivity index (χ0) is 13.9. The molecule has 0 bridgehead atoms. The van der Waals surface area contributed by atoms with Gasteiger partial charge in [0.1, 0.15) is 11.1 Å². The van der Waals surface area contributed by atoms with E-state index in [0.717, 1.165) is 0 Å². The first kappa shape index (κ1) is 15.9. The van der Waals surface area contributed by atoms with Crippen LogP contribution in [0.5, 0.6) is 0 Å². The number of carboxylic acid groups (broad SMARTS) is 2. The van der Waals surface area contributed by atoms with Crippen LogP contribution in [0, 0.1) is 0 Å². The molecular formula is C10H17ClN2O4. The molecule has 0 aliphatic heterocycles. The lowest BCUT2D eigenvalue weighted by Crippen LogP contribution is -2.45. The summed E-state index contributed by atoms with van der Waals surface area (Å²) in [6.07, 6.45) is 1.29. The number of carbonyl (C=O) groups is 2. The van der Waals surface area contributed by atoms with Crippen LogP contribution in [0.15, 0.2) is 11.1 Å². The Hall–Kier alpha value is -1.11. The molecule has 0 aliphatic rings. The smallest absolute Gasteiger partial charge is 0.323 e. The van der Waals surface area contributed by atoms with Crippen LogP contribution < -0.4 is 11.5 Å². The Bertz CT molecular complexity index is 350. The third-order valence-corrected chi connectivity index (χ3v) is 2.55. The van der Waals surface area contributed by atoms with Crippen molar-refractivity contribution in [3.8, 4) is 0 Å². The lowest BCUT2D eigenvalue weighted by molar-refractivity contribution is -0.143. The molecule has 0 rings (SSSR count). The summed E-state index contributed by atoms with van der Waals surface area (Å²) in [5.74, 6) is -2.34. The van der Waals surface area contributed by atoms with Gasteiger partial charge in [-0.15, -0.1) is 0 Å². The molecule has 0 heterocycles. The second-order valence-electron chi connectivity index (χ2n) is 4.48. The van der Waals surface area contributed by atoms with Crippen LogP contribution in [0.2, 0.25) is 0 Å². The highest BCUT2D eigenvalue weighted by Crippen LogP contribution is 2.20. The molecule has 0 aromatic rings. The van der Waals surface area contributed by atoms with E-state index in [1.165, 1.54) is 19.9 Å². The van der Waals surface area contributed by atoms with Crippen LogP contribution in [0.1, 0.15) is 26.7 Å². The molecule has 17 heavy (non-hydrogen) atoms. The second kappa shape index (κ2) is 5.48. The first-order valence-corrected chi connectivity index (χ1v) is 5.26. The number of hydrogen-bond acceptors (Lipinski definition) is 4. The lowest BCUT2D eigenvalue weighted by atomic mass is 9.96. The highest BCUT2D eigenvalue weighted by Gasteiger charge is 2.30. The van der Waals surface area contributed by atoms with Crippen molar-refractivity contribution in [3.63, 3.8) is 0 Å². The van der Waals surface area contributed by atoms with Gasteiger partial charge in [-0.1, -0.05) is 17.7 Å². The minimum Gasteiger partial charge on any atom is -0.480 e.